The lowest BCUT2D eigenvalue weighted by Gasteiger charge is -2.06. The molecule has 1 N–H and O–H groups in total. The van der Waals surface area contributed by atoms with E-state index in [1.165, 1.54) is 11.3 Å². The highest BCUT2D eigenvalue weighted by Gasteiger charge is 2.09. The van der Waals surface area contributed by atoms with Gasteiger partial charge in [-0.2, -0.15) is 0 Å². The number of aliphatic hydroxyl groups is 1. The molecule has 0 aliphatic heterocycles. The molecule has 0 saturated carbocycles. The number of thiophene rings is 1. The summed E-state index contributed by atoms with van der Waals surface area (Å²) in [5.74, 6) is 0. The number of hydrogen-bond acceptors (Lipinski definition) is 3. The molecule has 0 aromatic carbocycles. The number of hydrogen-bond donors (Lipinski definition) is 1. The first-order valence-electron chi connectivity index (χ1n) is 4.16. The van der Waals surface area contributed by atoms with Crippen molar-refractivity contribution < 1.29 is 9.84 Å². The van der Waals surface area contributed by atoms with Crippen molar-refractivity contribution in [3.63, 3.8) is 0 Å². The fourth-order valence-electron chi connectivity index (χ4n) is 1.07. The van der Waals surface area contributed by atoms with E-state index in [9.17, 15) is 5.11 Å². The molecular weight excluding hydrogens is 208 g/mol. The molecule has 0 aliphatic carbocycles. The Morgan fingerprint density at radius 3 is 2.92 bits per heavy atom. The van der Waals surface area contributed by atoms with E-state index in [1.54, 1.807) is 13.2 Å². The van der Waals surface area contributed by atoms with Crippen LogP contribution in [0.15, 0.2) is 12.1 Å². The van der Waals surface area contributed by atoms with Crippen LogP contribution in [0.25, 0.3) is 0 Å². The Kier molecular flexibility index (Phi) is 4.73. The zero-order chi connectivity index (χ0) is 9.68. The minimum absolute atomic E-state index is 0.396. The molecule has 0 radical (unpaired) electrons. The van der Waals surface area contributed by atoms with Crippen LogP contribution in [0.1, 0.15) is 23.8 Å². The lowest BCUT2D eigenvalue weighted by Crippen LogP contribution is -1.97. The number of ether oxygens (including phenoxy) is 1. The Balaban J connectivity index is 2.35. The van der Waals surface area contributed by atoms with Crippen molar-refractivity contribution in [2.24, 2.45) is 0 Å². The number of rotatable bonds is 5. The van der Waals surface area contributed by atoms with Crippen molar-refractivity contribution >= 4 is 22.9 Å². The predicted molar refractivity (Wildman–Crippen MR) is 55.4 cm³/mol. The first-order valence-corrected chi connectivity index (χ1v) is 5.35. The molecule has 4 heteroatoms. The summed E-state index contributed by atoms with van der Waals surface area (Å²) in [5.41, 5.74) is 0. The summed E-state index contributed by atoms with van der Waals surface area (Å²) in [4.78, 5) is 0.932. The van der Waals surface area contributed by atoms with Crippen LogP contribution in [0.3, 0.4) is 0 Å². The van der Waals surface area contributed by atoms with Crippen LogP contribution >= 0.6 is 22.9 Å². The van der Waals surface area contributed by atoms with Crippen molar-refractivity contribution in [1.82, 2.24) is 0 Å². The summed E-state index contributed by atoms with van der Waals surface area (Å²) >= 11 is 7.18. The van der Waals surface area contributed by atoms with Gasteiger partial charge in [-0.05, 0) is 25.0 Å². The zero-order valence-electron chi connectivity index (χ0n) is 7.50. The Labute approximate surface area is 87.1 Å². The number of halogens is 1. The largest absolute Gasteiger partial charge is 0.388 e. The molecule has 0 spiro atoms. The lowest BCUT2D eigenvalue weighted by molar-refractivity contribution is 0.138. The van der Waals surface area contributed by atoms with Crippen LogP contribution in [0, 0.1) is 0 Å². The third kappa shape index (κ3) is 3.65. The average Bonchev–Trinajstić information content (AvgIpc) is 2.52. The highest BCUT2D eigenvalue weighted by Crippen LogP contribution is 2.28. The van der Waals surface area contributed by atoms with Crippen LogP contribution in [-0.2, 0) is 4.74 Å². The van der Waals surface area contributed by atoms with E-state index < -0.39 is 6.10 Å². The highest BCUT2D eigenvalue weighted by molar-refractivity contribution is 7.16. The van der Waals surface area contributed by atoms with Crippen LogP contribution < -0.4 is 0 Å². The van der Waals surface area contributed by atoms with Crippen molar-refractivity contribution in [3.05, 3.63) is 21.3 Å². The fraction of sp³-hybridized carbons (Fsp3) is 0.556. The van der Waals surface area contributed by atoms with Crippen molar-refractivity contribution in [2.45, 2.75) is 18.9 Å². The molecule has 1 rings (SSSR count). The lowest BCUT2D eigenvalue weighted by atomic mass is 10.2. The van der Waals surface area contributed by atoms with Crippen LogP contribution in [-0.4, -0.2) is 18.8 Å². The van der Waals surface area contributed by atoms with Crippen LogP contribution in [0.5, 0.6) is 0 Å². The maximum absolute atomic E-state index is 9.66. The van der Waals surface area contributed by atoms with Gasteiger partial charge in [0.2, 0.25) is 0 Å². The Hall–Kier alpha value is -0.0900. The molecule has 1 aromatic rings. The van der Waals surface area contributed by atoms with Crippen molar-refractivity contribution in [1.29, 1.82) is 0 Å². The molecule has 1 atom stereocenters. The molecule has 0 amide bonds. The van der Waals surface area contributed by atoms with E-state index in [0.29, 0.717) is 6.61 Å². The minimum atomic E-state index is -0.396. The SMILES string of the molecule is COCCCC(O)c1ccc(Cl)s1. The molecule has 0 bridgehead atoms. The molecule has 0 saturated heterocycles. The second-order valence-electron chi connectivity index (χ2n) is 2.79. The van der Waals surface area contributed by atoms with Gasteiger partial charge in [0.05, 0.1) is 10.4 Å². The molecule has 1 heterocycles. The van der Waals surface area contributed by atoms with E-state index >= 15 is 0 Å². The summed E-state index contributed by atoms with van der Waals surface area (Å²) in [7, 11) is 1.66. The third-order valence-corrected chi connectivity index (χ3v) is 3.08. The summed E-state index contributed by atoms with van der Waals surface area (Å²) in [5, 5.41) is 9.66. The van der Waals surface area contributed by atoms with Gasteiger partial charge in [-0.1, -0.05) is 11.6 Å². The van der Waals surface area contributed by atoms with E-state index in [2.05, 4.69) is 0 Å². The Morgan fingerprint density at radius 2 is 2.38 bits per heavy atom. The minimum Gasteiger partial charge on any atom is -0.388 e. The smallest absolute Gasteiger partial charge is 0.0932 e. The first kappa shape index (κ1) is 11.0. The van der Waals surface area contributed by atoms with Gasteiger partial charge in [0.25, 0.3) is 0 Å². The summed E-state index contributed by atoms with van der Waals surface area (Å²) in [6, 6.07) is 3.67. The highest BCUT2D eigenvalue weighted by atomic mass is 35.5. The standard InChI is InChI=1S/C9H13ClO2S/c1-12-6-2-3-7(11)8-4-5-9(10)13-8/h4-5,7,11H,2-3,6H2,1H3. The summed E-state index contributed by atoms with van der Waals surface area (Å²) < 4.78 is 5.62. The number of aliphatic hydroxyl groups excluding tert-OH is 1. The average molecular weight is 221 g/mol. The van der Waals surface area contributed by atoms with Crippen molar-refractivity contribution in [2.75, 3.05) is 13.7 Å². The van der Waals surface area contributed by atoms with Gasteiger partial charge < -0.3 is 9.84 Å². The van der Waals surface area contributed by atoms with E-state index in [1.807, 2.05) is 6.07 Å². The Bertz CT molecular complexity index is 250. The monoisotopic (exact) mass is 220 g/mol. The van der Waals surface area contributed by atoms with Gasteiger partial charge in [-0.25, -0.2) is 0 Å². The second kappa shape index (κ2) is 5.60. The normalized spacial score (nSPS) is 13.2. The summed E-state index contributed by atoms with van der Waals surface area (Å²) in [6.07, 6.45) is 1.20. The van der Waals surface area contributed by atoms with E-state index in [0.717, 1.165) is 22.1 Å². The third-order valence-electron chi connectivity index (χ3n) is 1.75. The number of methoxy groups -OCH3 is 1. The van der Waals surface area contributed by atoms with Gasteiger partial charge in [0.1, 0.15) is 0 Å². The zero-order valence-corrected chi connectivity index (χ0v) is 9.07. The Morgan fingerprint density at radius 1 is 1.62 bits per heavy atom. The fourth-order valence-corrected chi connectivity index (χ4v) is 2.15. The topological polar surface area (TPSA) is 29.5 Å². The molecule has 74 valence electrons. The molecule has 1 unspecified atom stereocenters. The van der Waals surface area contributed by atoms with E-state index in [-0.39, 0.29) is 0 Å². The van der Waals surface area contributed by atoms with Gasteiger partial charge >= 0.3 is 0 Å². The summed E-state index contributed by atoms with van der Waals surface area (Å²) in [6.45, 7) is 0.691. The van der Waals surface area contributed by atoms with Gasteiger partial charge in [-0.15, -0.1) is 11.3 Å². The van der Waals surface area contributed by atoms with Gasteiger partial charge in [-0.3, -0.25) is 0 Å². The maximum atomic E-state index is 9.66. The van der Waals surface area contributed by atoms with Crippen molar-refractivity contribution in [3.8, 4) is 0 Å². The predicted octanol–water partition coefficient (Wildman–Crippen LogP) is 2.86. The van der Waals surface area contributed by atoms with Gasteiger partial charge in [0, 0.05) is 18.6 Å². The van der Waals surface area contributed by atoms with Crippen LogP contribution in [0.4, 0.5) is 0 Å². The molecule has 13 heavy (non-hydrogen) atoms. The van der Waals surface area contributed by atoms with Gasteiger partial charge in [0.15, 0.2) is 0 Å². The van der Waals surface area contributed by atoms with E-state index in [4.69, 9.17) is 16.3 Å². The molecular formula is C9H13ClO2S. The molecule has 0 aliphatic rings. The quantitative estimate of drug-likeness (QED) is 0.774. The molecule has 1 aromatic heterocycles. The first-order chi connectivity index (χ1) is 6.24. The molecule has 2 nitrogen and oxygen atoms in total. The second-order valence-corrected chi connectivity index (χ2v) is 4.54. The maximum Gasteiger partial charge on any atom is 0.0932 e. The molecule has 0 fully saturated rings. The van der Waals surface area contributed by atoms with Crippen LogP contribution in [0.2, 0.25) is 4.34 Å².